The summed E-state index contributed by atoms with van der Waals surface area (Å²) in [6.07, 6.45) is 6.55. The number of benzene rings is 1. The molecule has 1 unspecified atom stereocenters. The van der Waals surface area contributed by atoms with Gasteiger partial charge in [-0.1, -0.05) is 25.5 Å². The predicted octanol–water partition coefficient (Wildman–Crippen LogP) is 3.94. The maximum absolute atomic E-state index is 5.36. The molecule has 0 radical (unpaired) electrons. The molecule has 1 fully saturated rings. The van der Waals surface area contributed by atoms with Gasteiger partial charge in [-0.3, -0.25) is 0 Å². The Morgan fingerprint density at radius 3 is 3.00 bits per heavy atom. The van der Waals surface area contributed by atoms with Crippen LogP contribution in [0, 0.1) is 6.92 Å². The molecule has 0 bridgehead atoms. The van der Waals surface area contributed by atoms with Gasteiger partial charge in [0.25, 0.3) is 0 Å². The Kier molecular flexibility index (Phi) is 7.13. The number of nitrogens with one attached hydrogen (secondary N) is 2. The molecule has 122 valence electrons. The first-order chi connectivity index (χ1) is 10.7. The van der Waals surface area contributed by atoms with Gasteiger partial charge in [-0.15, -0.1) is 0 Å². The van der Waals surface area contributed by atoms with Crippen molar-refractivity contribution in [2.75, 3.05) is 25.0 Å². The van der Waals surface area contributed by atoms with Gasteiger partial charge in [-0.2, -0.15) is 0 Å². The topological polar surface area (TPSA) is 27.3 Å². The van der Waals surface area contributed by atoms with E-state index in [0.717, 1.165) is 29.8 Å². The Labute approximate surface area is 140 Å². The zero-order valence-electron chi connectivity index (χ0n) is 13.9. The molecule has 3 nitrogen and oxygen atoms in total. The quantitative estimate of drug-likeness (QED) is 0.613. The molecule has 1 aromatic carbocycles. The van der Waals surface area contributed by atoms with Gasteiger partial charge in [0.15, 0.2) is 5.11 Å². The van der Waals surface area contributed by atoms with Crippen LogP contribution in [0.4, 0.5) is 5.69 Å². The fourth-order valence-corrected chi connectivity index (χ4v) is 3.42. The average Bonchev–Trinajstić information content (AvgIpc) is 2.52. The lowest BCUT2D eigenvalue weighted by molar-refractivity contribution is 0.143. The van der Waals surface area contributed by atoms with Crippen LogP contribution in [0.1, 0.15) is 44.6 Å². The smallest absolute Gasteiger partial charge is 0.170 e. The molecule has 0 aromatic heterocycles. The minimum absolute atomic E-state index is 0.719. The van der Waals surface area contributed by atoms with Crippen LogP contribution in [0.5, 0.6) is 0 Å². The second-order valence-corrected chi connectivity index (χ2v) is 6.61. The molecule has 1 aromatic rings. The van der Waals surface area contributed by atoms with Crippen molar-refractivity contribution in [1.82, 2.24) is 10.2 Å². The lowest BCUT2D eigenvalue weighted by atomic mass is 10.00. The fraction of sp³-hybridized carbons (Fsp3) is 0.611. The summed E-state index contributed by atoms with van der Waals surface area (Å²) in [6.45, 7) is 7.78. The summed E-state index contributed by atoms with van der Waals surface area (Å²) in [7, 11) is 0. The minimum atomic E-state index is 0.719. The second-order valence-electron chi connectivity index (χ2n) is 6.20. The molecule has 0 aliphatic carbocycles. The molecule has 0 saturated carbocycles. The summed E-state index contributed by atoms with van der Waals surface area (Å²) in [6, 6.07) is 9.08. The van der Waals surface area contributed by atoms with E-state index in [1.165, 1.54) is 44.3 Å². The number of hydrogen-bond acceptors (Lipinski definition) is 2. The van der Waals surface area contributed by atoms with Gasteiger partial charge in [0.05, 0.1) is 0 Å². The molecule has 1 saturated heterocycles. The molecule has 1 heterocycles. The first kappa shape index (κ1) is 17.2. The van der Waals surface area contributed by atoms with Crippen molar-refractivity contribution in [3.05, 3.63) is 29.8 Å². The Morgan fingerprint density at radius 2 is 2.23 bits per heavy atom. The van der Waals surface area contributed by atoms with Crippen LogP contribution in [-0.2, 0) is 0 Å². The van der Waals surface area contributed by atoms with Crippen LogP contribution in [-0.4, -0.2) is 35.7 Å². The van der Waals surface area contributed by atoms with E-state index in [2.05, 4.69) is 41.5 Å². The number of aryl methyl sites for hydroxylation is 1. The van der Waals surface area contributed by atoms with Crippen LogP contribution in [0.2, 0.25) is 0 Å². The summed E-state index contributed by atoms with van der Waals surface area (Å²) in [4.78, 5) is 2.65. The number of hydrogen-bond donors (Lipinski definition) is 2. The molecular weight excluding hydrogens is 290 g/mol. The van der Waals surface area contributed by atoms with Gasteiger partial charge in [0.1, 0.15) is 0 Å². The zero-order valence-corrected chi connectivity index (χ0v) is 14.7. The number of piperidine rings is 1. The van der Waals surface area contributed by atoms with Gasteiger partial charge < -0.3 is 15.5 Å². The van der Waals surface area contributed by atoms with Crippen molar-refractivity contribution in [1.29, 1.82) is 0 Å². The average molecular weight is 320 g/mol. The van der Waals surface area contributed by atoms with Crippen LogP contribution < -0.4 is 10.6 Å². The zero-order chi connectivity index (χ0) is 15.8. The lowest BCUT2D eigenvalue weighted by Crippen LogP contribution is -2.40. The van der Waals surface area contributed by atoms with E-state index < -0.39 is 0 Å². The standard InChI is InChI=1S/C18H29N3S/c1-3-17-10-4-5-12-21(17)13-7-11-19-18(22)20-16-9-6-8-15(2)14-16/h6,8-9,14,17H,3-5,7,10-13H2,1-2H3,(H2,19,20,22). The summed E-state index contributed by atoms with van der Waals surface area (Å²) >= 11 is 5.36. The van der Waals surface area contributed by atoms with E-state index in [-0.39, 0.29) is 0 Å². The van der Waals surface area contributed by atoms with Gasteiger partial charge >= 0.3 is 0 Å². The number of thiocarbonyl (C=S) groups is 1. The van der Waals surface area contributed by atoms with Crippen molar-refractivity contribution in [3.8, 4) is 0 Å². The largest absolute Gasteiger partial charge is 0.362 e. The monoisotopic (exact) mass is 319 g/mol. The molecule has 1 atom stereocenters. The van der Waals surface area contributed by atoms with Gasteiger partial charge in [0.2, 0.25) is 0 Å². The fourth-order valence-electron chi connectivity index (χ4n) is 3.20. The molecule has 1 aliphatic heterocycles. The van der Waals surface area contributed by atoms with E-state index in [1.807, 2.05) is 12.1 Å². The maximum Gasteiger partial charge on any atom is 0.170 e. The normalized spacial score (nSPS) is 18.9. The van der Waals surface area contributed by atoms with Crippen molar-refractivity contribution in [2.45, 2.75) is 52.0 Å². The maximum atomic E-state index is 5.36. The molecule has 2 N–H and O–H groups in total. The van der Waals surface area contributed by atoms with Crippen LogP contribution in [0.3, 0.4) is 0 Å². The van der Waals surface area contributed by atoms with Gasteiger partial charge in [0, 0.05) is 24.8 Å². The highest BCUT2D eigenvalue weighted by molar-refractivity contribution is 7.80. The number of anilines is 1. The Balaban J connectivity index is 1.64. The highest BCUT2D eigenvalue weighted by Crippen LogP contribution is 2.19. The second kappa shape index (κ2) is 9.11. The third-order valence-electron chi connectivity index (χ3n) is 4.40. The molecule has 0 spiro atoms. The first-order valence-electron chi connectivity index (χ1n) is 8.54. The first-order valence-corrected chi connectivity index (χ1v) is 8.95. The van der Waals surface area contributed by atoms with E-state index in [0.29, 0.717) is 0 Å². The van der Waals surface area contributed by atoms with Crippen LogP contribution in [0.15, 0.2) is 24.3 Å². The van der Waals surface area contributed by atoms with Crippen LogP contribution >= 0.6 is 12.2 Å². The third-order valence-corrected chi connectivity index (χ3v) is 4.65. The summed E-state index contributed by atoms with van der Waals surface area (Å²) in [5.74, 6) is 0. The number of likely N-dealkylation sites (tertiary alicyclic amines) is 1. The summed E-state index contributed by atoms with van der Waals surface area (Å²) in [5.41, 5.74) is 2.29. The molecule has 1 aliphatic rings. The summed E-state index contributed by atoms with van der Waals surface area (Å²) < 4.78 is 0. The predicted molar refractivity (Wildman–Crippen MR) is 99.5 cm³/mol. The van der Waals surface area contributed by atoms with E-state index in [1.54, 1.807) is 0 Å². The van der Waals surface area contributed by atoms with E-state index in [4.69, 9.17) is 12.2 Å². The van der Waals surface area contributed by atoms with Crippen molar-refractivity contribution in [2.24, 2.45) is 0 Å². The van der Waals surface area contributed by atoms with E-state index >= 15 is 0 Å². The van der Waals surface area contributed by atoms with Gasteiger partial charge in [-0.25, -0.2) is 0 Å². The Morgan fingerprint density at radius 1 is 1.36 bits per heavy atom. The molecular formula is C18H29N3S. The molecule has 4 heteroatoms. The molecule has 22 heavy (non-hydrogen) atoms. The van der Waals surface area contributed by atoms with Crippen molar-refractivity contribution in [3.63, 3.8) is 0 Å². The van der Waals surface area contributed by atoms with Crippen LogP contribution in [0.25, 0.3) is 0 Å². The third kappa shape index (κ3) is 5.58. The molecule has 0 amide bonds. The number of rotatable bonds is 6. The van der Waals surface area contributed by atoms with E-state index in [9.17, 15) is 0 Å². The molecule has 2 rings (SSSR count). The summed E-state index contributed by atoms with van der Waals surface area (Å²) in [5, 5.41) is 7.28. The SMILES string of the molecule is CCC1CCCCN1CCCNC(=S)Nc1cccc(C)c1. The Bertz CT molecular complexity index is 475. The van der Waals surface area contributed by atoms with Crippen molar-refractivity contribution < 1.29 is 0 Å². The highest BCUT2D eigenvalue weighted by atomic mass is 32.1. The number of nitrogens with zero attached hydrogens (tertiary/aromatic N) is 1. The highest BCUT2D eigenvalue weighted by Gasteiger charge is 2.19. The lowest BCUT2D eigenvalue weighted by Gasteiger charge is -2.35. The van der Waals surface area contributed by atoms with Crippen molar-refractivity contribution >= 4 is 23.0 Å². The Hall–Kier alpha value is -1.13. The van der Waals surface area contributed by atoms with Gasteiger partial charge in [-0.05, 0) is 69.1 Å². The minimum Gasteiger partial charge on any atom is -0.362 e.